The van der Waals surface area contributed by atoms with E-state index in [0.29, 0.717) is 0 Å². The Morgan fingerprint density at radius 1 is 1.10 bits per heavy atom. The molecule has 2 heterocycles. The molecule has 0 unspecified atom stereocenters. The predicted octanol–water partition coefficient (Wildman–Crippen LogP) is 3.07. The lowest BCUT2D eigenvalue weighted by Gasteiger charge is -2.05. The Morgan fingerprint density at radius 2 is 2.00 bits per heavy atom. The monoisotopic (exact) mass is 294 g/mol. The van der Waals surface area contributed by atoms with Gasteiger partial charge in [0.2, 0.25) is 0 Å². The van der Waals surface area contributed by atoms with Gasteiger partial charge >= 0.3 is 0 Å². The van der Waals surface area contributed by atoms with Crippen molar-refractivity contribution in [2.45, 2.75) is 6.92 Å². The van der Waals surface area contributed by atoms with Crippen molar-refractivity contribution in [1.82, 2.24) is 5.32 Å². The molecule has 1 aromatic heterocycles. The van der Waals surface area contributed by atoms with E-state index in [1.54, 1.807) is 11.3 Å². The highest BCUT2D eigenvalue weighted by atomic mass is 32.1. The SMILES string of the molecule is Cc1ccc2sc3cc(C4=NCCN4)ccc3c(=O)c2c1. The molecule has 0 fully saturated rings. The van der Waals surface area contributed by atoms with E-state index in [0.717, 1.165) is 50.2 Å². The van der Waals surface area contributed by atoms with Gasteiger partial charge in [0.1, 0.15) is 5.84 Å². The molecule has 3 nitrogen and oxygen atoms in total. The Kier molecular flexibility index (Phi) is 2.79. The molecule has 4 rings (SSSR count). The zero-order valence-electron chi connectivity index (χ0n) is 11.6. The largest absolute Gasteiger partial charge is 0.368 e. The zero-order valence-corrected chi connectivity index (χ0v) is 12.5. The summed E-state index contributed by atoms with van der Waals surface area (Å²) in [6.45, 7) is 3.72. The van der Waals surface area contributed by atoms with Gasteiger partial charge in [-0.05, 0) is 31.2 Å². The van der Waals surface area contributed by atoms with Gasteiger partial charge in [-0.2, -0.15) is 0 Å². The van der Waals surface area contributed by atoms with Crippen LogP contribution in [0.3, 0.4) is 0 Å². The first kappa shape index (κ1) is 12.5. The van der Waals surface area contributed by atoms with E-state index in [1.165, 1.54) is 0 Å². The zero-order chi connectivity index (χ0) is 14.4. The van der Waals surface area contributed by atoms with Crippen molar-refractivity contribution < 1.29 is 0 Å². The van der Waals surface area contributed by atoms with Crippen molar-refractivity contribution in [3.05, 3.63) is 57.7 Å². The molecule has 0 saturated heterocycles. The molecule has 0 saturated carbocycles. The fourth-order valence-corrected chi connectivity index (χ4v) is 3.80. The highest BCUT2D eigenvalue weighted by molar-refractivity contribution is 7.24. The fraction of sp³-hybridized carbons (Fsp3) is 0.176. The van der Waals surface area contributed by atoms with Gasteiger partial charge in [-0.1, -0.05) is 17.7 Å². The molecule has 0 radical (unpaired) electrons. The van der Waals surface area contributed by atoms with Crippen molar-refractivity contribution in [2.24, 2.45) is 4.99 Å². The second-order valence-electron chi connectivity index (χ2n) is 5.30. The van der Waals surface area contributed by atoms with E-state index in [1.807, 2.05) is 31.2 Å². The molecular weight excluding hydrogens is 280 g/mol. The Morgan fingerprint density at radius 3 is 2.81 bits per heavy atom. The molecule has 0 aliphatic carbocycles. The molecule has 1 aliphatic rings. The van der Waals surface area contributed by atoms with E-state index >= 15 is 0 Å². The van der Waals surface area contributed by atoms with Crippen LogP contribution in [0.4, 0.5) is 0 Å². The predicted molar refractivity (Wildman–Crippen MR) is 89.7 cm³/mol. The topological polar surface area (TPSA) is 41.5 Å². The van der Waals surface area contributed by atoms with Crippen LogP contribution >= 0.6 is 11.3 Å². The lowest BCUT2D eigenvalue weighted by atomic mass is 10.1. The van der Waals surface area contributed by atoms with Crippen molar-refractivity contribution in [3.8, 4) is 0 Å². The number of aliphatic imine (C=N–C) groups is 1. The number of benzene rings is 2. The highest BCUT2D eigenvalue weighted by Gasteiger charge is 2.11. The number of rotatable bonds is 1. The fourth-order valence-electron chi connectivity index (χ4n) is 2.71. The standard InChI is InChI=1S/C17H14N2OS/c1-10-2-5-14-13(8-10)16(20)12-4-3-11(9-15(12)21-14)17-18-6-7-19-17/h2-5,8-9H,6-7H2,1H3,(H,18,19). The van der Waals surface area contributed by atoms with Gasteiger partial charge in [0.25, 0.3) is 0 Å². The van der Waals surface area contributed by atoms with E-state index in [9.17, 15) is 4.79 Å². The molecule has 4 heteroatoms. The first-order valence-corrected chi connectivity index (χ1v) is 7.80. The second-order valence-corrected chi connectivity index (χ2v) is 6.38. The summed E-state index contributed by atoms with van der Waals surface area (Å²) >= 11 is 1.66. The normalized spacial score (nSPS) is 14.4. The van der Waals surface area contributed by atoms with Crippen LogP contribution in [-0.4, -0.2) is 18.9 Å². The van der Waals surface area contributed by atoms with Crippen LogP contribution in [-0.2, 0) is 0 Å². The minimum atomic E-state index is 0.121. The Labute approximate surface area is 126 Å². The summed E-state index contributed by atoms with van der Waals surface area (Å²) < 4.78 is 2.06. The summed E-state index contributed by atoms with van der Waals surface area (Å²) in [6.07, 6.45) is 0. The summed E-state index contributed by atoms with van der Waals surface area (Å²) in [7, 11) is 0. The first-order valence-electron chi connectivity index (χ1n) is 6.98. The quantitative estimate of drug-likeness (QED) is 0.701. The van der Waals surface area contributed by atoms with Gasteiger partial charge in [-0.3, -0.25) is 9.79 Å². The molecule has 0 bridgehead atoms. The number of nitrogens with one attached hydrogen (secondary N) is 1. The molecule has 3 aromatic rings. The molecule has 104 valence electrons. The van der Waals surface area contributed by atoms with Gasteiger partial charge in [0.05, 0.1) is 6.54 Å². The van der Waals surface area contributed by atoms with Crippen LogP contribution in [0, 0.1) is 6.92 Å². The molecular formula is C17H14N2OS. The summed E-state index contributed by atoms with van der Waals surface area (Å²) in [5, 5.41) is 4.88. The number of hydrogen-bond donors (Lipinski definition) is 1. The van der Waals surface area contributed by atoms with E-state index < -0.39 is 0 Å². The van der Waals surface area contributed by atoms with E-state index in [2.05, 4.69) is 22.4 Å². The average molecular weight is 294 g/mol. The number of amidine groups is 1. The van der Waals surface area contributed by atoms with Gasteiger partial charge in [-0.25, -0.2) is 0 Å². The number of nitrogens with zero attached hydrogens (tertiary/aromatic N) is 1. The van der Waals surface area contributed by atoms with Crippen LogP contribution in [0.2, 0.25) is 0 Å². The molecule has 21 heavy (non-hydrogen) atoms. The van der Waals surface area contributed by atoms with Crippen LogP contribution in [0.25, 0.3) is 20.2 Å². The Bertz CT molecular complexity index is 956. The summed E-state index contributed by atoms with van der Waals surface area (Å²) in [6, 6.07) is 12.0. The molecule has 1 N–H and O–H groups in total. The maximum atomic E-state index is 12.6. The Hall–Kier alpha value is -2.20. The van der Waals surface area contributed by atoms with Crippen molar-refractivity contribution in [2.75, 3.05) is 13.1 Å². The number of aryl methyl sites for hydroxylation is 1. The second kappa shape index (κ2) is 4.67. The molecule has 0 atom stereocenters. The number of hydrogen-bond acceptors (Lipinski definition) is 4. The molecule has 1 aliphatic heterocycles. The van der Waals surface area contributed by atoms with Gasteiger partial charge in [0, 0.05) is 32.3 Å². The average Bonchev–Trinajstić information content (AvgIpc) is 3.02. The van der Waals surface area contributed by atoms with Crippen molar-refractivity contribution >= 4 is 37.3 Å². The maximum absolute atomic E-state index is 12.6. The summed E-state index contributed by atoms with van der Waals surface area (Å²) in [5.74, 6) is 0.931. The first-order chi connectivity index (χ1) is 10.2. The third kappa shape index (κ3) is 2.03. The van der Waals surface area contributed by atoms with Crippen LogP contribution in [0.15, 0.2) is 46.2 Å². The van der Waals surface area contributed by atoms with Crippen LogP contribution in [0.1, 0.15) is 11.1 Å². The third-order valence-corrected chi connectivity index (χ3v) is 4.91. The number of fused-ring (bicyclic) bond motifs is 2. The lowest BCUT2D eigenvalue weighted by molar-refractivity contribution is 0.960. The van der Waals surface area contributed by atoms with Gasteiger partial charge in [-0.15, -0.1) is 11.3 Å². The van der Waals surface area contributed by atoms with Crippen LogP contribution in [0.5, 0.6) is 0 Å². The van der Waals surface area contributed by atoms with Crippen LogP contribution < -0.4 is 10.7 Å². The molecule has 0 amide bonds. The van der Waals surface area contributed by atoms with Crippen molar-refractivity contribution in [3.63, 3.8) is 0 Å². The molecule has 2 aromatic carbocycles. The Balaban J connectivity index is 2.02. The maximum Gasteiger partial charge on any atom is 0.195 e. The summed E-state index contributed by atoms with van der Waals surface area (Å²) in [4.78, 5) is 17.1. The minimum absolute atomic E-state index is 0.121. The minimum Gasteiger partial charge on any atom is -0.368 e. The van der Waals surface area contributed by atoms with E-state index in [4.69, 9.17) is 0 Å². The van der Waals surface area contributed by atoms with Crippen molar-refractivity contribution in [1.29, 1.82) is 0 Å². The van der Waals surface area contributed by atoms with Gasteiger partial charge < -0.3 is 5.32 Å². The molecule has 0 spiro atoms. The summed E-state index contributed by atoms with van der Waals surface area (Å²) in [5.41, 5.74) is 2.30. The smallest absolute Gasteiger partial charge is 0.195 e. The van der Waals surface area contributed by atoms with Gasteiger partial charge in [0.15, 0.2) is 5.43 Å². The third-order valence-electron chi connectivity index (χ3n) is 3.77. The highest BCUT2D eigenvalue weighted by Crippen LogP contribution is 2.26. The lowest BCUT2D eigenvalue weighted by Crippen LogP contribution is -2.19. The van der Waals surface area contributed by atoms with E-state index in [-0.39, 0.29) is 5.43 Å².